The van der Waals surface area contributed by atoms with Crippen molar-refractivity contribution in [1.29, 1.82) is 0 Å². The van der Waals surface area contributed by atoms with E-state index in [1.165, 1.54) is 11.3 Å². The lowest BCUT2D eigenvalue weighted by atomic mass is 10.1. The zero-order valence-corrected chi connectivity index (χ0v) is 14.2. The van der Waals surface area contributed by atoms with E-state index in [9.17, 15) is 4.79 Å². The fourth-order valence-electron chi connectivity index (χ4n) is 2.25. The molecule has 0 saturated heterocycles. The monoisotopic (exact) mass is 339 g/mol. The second kappa shape index (κ2) is 7.14. The van der Waals surface area contributed by atoms with Crippen LogP contribution in [0.5, 0.6) is 5.75 Å². The molecule has 0 spiro atoms. The molecule has 0 aliphatic carbocycles. The van der Waals surface area contributed by atoms with Crippen LogP contribution >= 0.6 is 11.3 Å². The van der Waals surface area contributed by atoms with Gasteiger partial charge in [0.05, 0.1) is 12.8 Å². The standard InChI is InChI=1S/C18H17N3O2S/c1-12-16(13-8-10-15(23-2)11-9-13)20-18(24-12)21-17(22)19-14-6-4-3-5-7-14/h3-11H,1-2H3,(H2,19,20,21,22). The minimum absolute atomic E-state index is 0.309. The van der Waals surface area contributed by atoms with Crippen LogP contribution < -0.4 is 15.4 Å². The third-order valence-corrected chi connectivity index (χ3v) is 4.30. The first kappa shape index (κ1) is 16.0. The van der Waals surface area contributed by atoms with E-state index in [2.05, 4.69) is 15.6 Å². The van der Waals surface area contributed by atoms with Crippen molar-refractivity contribution in [2.75, 3.05) is 17.7 Å². The van der Waals surface area contributed by atoms with Crippen molar-refractivity contribution >= 4 is 28.2 Å². The van der Waals surface area contributed by atoms with Crippen LogP contribution in [0.1, 0.15) is 4.88 Å². The summed E-state index contributed by atoms with van der Waals surface area (Å²) in [6.45, 7) is 1.98. The van der Waals surface area contributed by atoms with Gasteiger partial charge in [0.25, 0.3) is 0 Å². The minimum atomic E-state index is -0.309. The third-order valence-electron chi connectivity index (χ3n) is 3.41. The molecule has 3 aromatic rings. The Bertz CT molecular complexity index is 829. The number of benzene rings is 2. The Labute approximate surface area is 144 Å². The Hall–Kier alpha value is -2.86. The number of carbonyl (C=O) groups is 1. The molecule has 0 saturated carbocycles. The van der Waals surface area contributed by atoms with Gasteiger partial charge in [-0.05, 0) is 43.3 Å². The van der Waals surface area contributed by atoms with Gasteiger partial charge < -0.3 is 10.1 Å². The molecule has 3 rings (SSSR count). The van der Waals surface area contributed by atoms with E-state index in [1.807, 2.05) is 61.5 Å². The fraction of sp³-hybridized carbons (Fsp3) is 0.111. The molecule has 1 aromatic heterocycles. The molecule has 0 unspecified atom stereocenters. The summed E-state index contributed by atoms with van der Waals surface area (Å²) in [6.07, 6.45) is 0. The highest BCUT2D eigenvalue weighted by molar-refractivity contribution is 7.16. The highest BCUT2D eigenvalue weighted by Gasteiger charge is 2.12. The summed E-state index contributed by atoms with van der Waals surface area (Å²) in [5, 5.41) is 6.11. The quantitative estimate of drug-likeness (QED) is 0.719. The smallest absolute Gasteiger partial charge is 0.325 e. The molecule has 0 aliphatic heterocycles. The molecular weight excluding hydrogens is 322 g/mol. The maximum atomic E-state index is 12.1. The van der Waals surface area contributed by atoms with Crippen molar-refractivity contribution in [3.05, 3.63) is 59.5 Å². The molecule has 1 heterocycles. The van der Waals surface area contributed by atoms with Crippen LogP contribution in [0.3, 0.4) is 0 Å². The number of nitrogens with one attached hydrogen (secondary N) is 2. The number of rotatable bonds is 4. The van der Waals surface area contributed by atoms with E-state index in [0.717, 1.165) is 27.6 Å². The van der Waals surface area contributed by atoms with E-state index in [-0.39, 0.29) is 6.03 Å². The number of ether oxygens (including phenoxy) is 1. The van der Waals surface area contributed by atoms with Crippen molar-refractivity contribution in [2.45, 2.75) is 6.92 Å². The van der Waals surface area contributed by atoms with Gasteiger partial charge in [0.2, 0.25) is 0 Å². The van der Waals surface area contributed by atoms with Gasteiger partial charge in [0.15, 0.2) is 5.13 Å². The van der Waals surface area contributed by atoms with E-state index in [0.29, 0.717) is 5.13 Å². The van der Waals surface area contributed by atoms with Crippen LogP contribution in [0.25, 0.3) is 11.3 Å². The number of para-hydroxylation sites is 1. The SMILES string of the molecule is COc1ccc(-c2nc(NC(=O)Nc3ccccc3)sc2C)cc1. The zero-order chi connectivity index (χ0) is 16.9. The summed E-state index contributed by atoms with van der Waals surface area (Å²) in [6, 6.07) is 16.7. The van der Waals surface area contributed by atoms with Gasteiger partial charge in [0.1, 0.15) is 5.75 Å². The summed E-state index contributed by atoms with van der Waals surface area (Å²) in [4.78, 5) is 17.6. The number of anilines is 2. The Morgan fingerprint density at radius 2 is 1.75 bits per heavy atom. The van der Waals surface area contributed by atoms with Gasteiger partial charge in [-0.25, -0.2) is 9.78 Å². The number of hydrogen-bond donors (Lipinski definition) is 2. The number of urea groups is 1. The highest BCUT2D eigenvalue weighted by atomic mass is 32.1. The molecule has 2 N–H and O–H groups in total. The Kier molecular flexibility index (Phi) is 4.77. The largest absolute Gasteiger partial charge is 0.497 e. The zero-order valence-electron chi connectivity index (χ0n) is 13.4. The van der Waals surface area contributed by atoms with E-state index >= 15 is 0 Å². The lowest BCUT2D eigenvalue weighted by molar-refractivity contribution is 0.262. The molecule has 2 amide bonds. The molecule has 0 aliphatic rings. The van der Waals surface area contributed by atoms with Gasteiger partial charge in [-0.1, -0.05) is 18.2 Å². The van der Waals surface area contributed by atoms with Crippen LogP contribution in [0, 0.1) is 6.92 Å². The van der Waals surface area contributed by atoms with Crippen molar-refractivity contribution in [1.82, 2.24) is 4.98 Å². The Balaban J connectivity index is 1.72. The number of aryl methyl sites for hydroxylation is 1. The average molecular weight is 339 g/mol. The Morgan fingerprint density at radius 3 is 2.42 bits per heavy atom. The predicted molar refractivity (Wildman–Crippen MR) is 97.9 cm³/mol. The molecule has 5 nitrogen and oxygen atoms in total. The van der Waals surface area contributed by atoms with Gasteiger partial charge in [0, 0.05) is 16.1 Å². The van der Waals surface area contributed by atoms with Crippen molar-refractivity contribution < 1.29 is 9.53 Å². The van der Waals surface area contributed by atoms with Crippen LogP contribution in [-0.4, -0.2) is 18.1 Å². The first-order chi connectivity index (χ1) is 11.7. The van der Waals surface area contributed by atoms with Crippen LogP contribution in [0.2, 0.25) is 0 Å². The van der Waals surface area contributed by atoms with Gasteiger partial charge in [-0.2, -0.15) is 0 Å². The van der Waals surface area contributed by atoms with Crippen LogP contribution in [-0.2, 0) is 0 Å². The van der Waals surface area contributed by atoms with Gasteiger partial charge in [-0.15, -0.1) is 11.3 Å². The maximum absolute atomic E-state index is 12.1. The summed E-state index contributed by atoms with van der Waals surface area (Å²) in [5.41, 5.74) is 2.58. The van der Waals surface area contributed by atoms with Gasteiger partial charge in [-0.3, -0.25) is 5.32 Å². The van der Waals surface area contributed by atoms with Crippen LogP contribution in [0.15, 0.2) is 54.6 Å². The fourth-order valence-corrected chi connectivity index (χ4v) is 3.08. The third kappa shape index (κ3) is 3.72. The summed E-state index contributed by atoms with van der Waals surface area (Å²) < 4.78 is 5.17. The molecule has 122 valence electrons. The first-order valence-electron chi connectivity index (χ1n) is 7.40. The highest BCUT2D eigenvalue weighted by Crippen LogP contribution is 2.31. The van der Waals surface area contributed by atoms with E-state index in [1.54, 1.807) is 7.11 Å². The summed E-state index contributed by atoms with van der Waals surface area (Å²) in [7, 11) is 1.64. The summed E-state index contributed by atoms with van der Waals surface area (Å²) in [5.74, 6) is 0.798. The lowest BCUT2D eigenvalue weighted by Gasteiger charge is -2.04. The molecule has 0 bridgehead atoms. The molecule has 6 heteroatoms. The number of amides is 2. The molecule has 24 heavy (non-hydrogen) atoms. The molecule has 0 fully saturated rings. The van der Waals surface area contributed by atoms with Crippen molar-refractivity contribution in [3.8, 4) is 17.0 Å². The van der Waals surface area contributed by atoms with Gasteiger partial charge >= 0.3 is 6.03 Å². The normalized spacial score (nSPS) is 10.2. The molecular formula is C18H17N3O2S. The molecule has 0 atom stereocenters. The topological polar surface area (TPSA) is 63.2 Å². The molecule has 0 radical (unpaired) electrons. The summed E-state index contributed by atoms with van der Waals surface area (Å²) >= 11 is 1.44. The second-order valence-electron chi connectivity index (χ2n) is 5.10. The van der Waals surface area contributed by atoms with E-state index in [4.69, 9.17) is 4.74 Å². The van der Waals surface area contributed by atoms with E-state index < -0.39 is 0 Å². The lowest BCUT2D eigenvalue weighted by Crippen LogP contribution is -2.19. The second-order valence-corrected chi connectivity index (χ2v) is 6.30. The number of nitrogens with zero attached hydrogens (tertiary/aromatic N) is 1. The first-order valence-corrected chi connectivity index (χ1v) is 8.22. The maximum Gasteiger partial charge on any atom is 0.325 e. The predicted octanol–water partition coefficient (Wildman–Crippen LogP) is 4.77. The minimum Gasteiger partial charge on any atom is -0.497 e. The number of hydrogen-bond acceptors (Lipinski definition) is 4. The van der Waals surface area contributed by atoms with Crippen molar-refractivity contribution in [3.63, 3.8) is 0 Å². The average Bonchev–Trinajstić information content (AvgIpc) is 2.96. The van der Waals surface area contributed by atoms with Crippen molar-refractivity contribution in [2.24, 2.45) is 0 Å². The molecule has 2 aromatic carbocycles. The number of carbonyl (C=O) groups excluding carboxylic acids is 1. The van der Waals surface area contributed by atoms with Crippen LogP contribution in [0.4, 0.5) is 15.6 Å². The number of methoxy groups -OCH3 is 1. The number of aromatic nitrogens is 1. The number of thiazole rings is 1. The Morgan fingerprint density at radius 1 is 1.04 bits per heavy atom.